The molecule has 1 aliphatic carbocycles. The van der Waals surface area contributed by atoms with Crippen LogP contribution in [0, 0.1) is 17.8 Å². The molecular formula is C12H22NO5P. The van der Waals surface area contributed by atoms with E-state index < -0.39 is 19.6 Å². The predicted octanol–water partition coefficient (Wildman–Crippen LogP) is 0.985. The number of aliphatic carboxylic acids is 1. The molecule has 0 unspecified atom stereocenters. The van der Waals surface area contributed by atoms with Crippen LogP contribution in [0.15, 0.2) is 0 Å². The van der Waals surface area contributed by atoms with Crippen LogP contribution < -0.4 is 0 Å². The van der Waals surface area contributed by atoms with Gasteiger partial charge in [-0.1, -0.05) is 0 Å². The minimum absolute atomic E-state index is 0.0416. The summed E-state index contributed by atoms with van der Waals surface area (Å²) in [6.07, 6.45) is 3.11. The monoisotopic (exact) mass is 291 g/mol. The number of hydrogen-bond acceptors (Lipinski definition) is 3. The number of likely N-dealkylation sites (N-methyl/N-ethyl adjacent to an activating group) is 1. The van der Waals surface area contributed by atoms with Gasteiger partial charge < -0.3 is 14.9 Å². The number of hydrogen-bond donors (Lipinski definition) is 3. The summed E-state index contributed by atoms with van der Waals surface area (Å²) in [5.74, 6) is 0.0224. The third kappa shape index (κ3) is 3.78. The molecule has 1 saturated heterocycles. The highest BCUT2D eigenvalue weighted by molar-refractivity contribution is 7.51. The first-order chi connectivity index (χ1) is 8.76. The highest BCUT2D eigenvalue weighted by atomic mass is 31.2. The maximum absolute atomic E-state index is 11.2. The Hall–Kier alpha value is -0.420. The van der Waals surface area contributed by atoms with Crippen molar-refractivity contribution < 1.29 is 24.3 Å². The smallest absolute Gasteiger partial charge is 0.325 e. The van der Waals surface area contributed by atoms with Crippen molar-refractivity contribution >= 4 is 13.6 Å². The van der Waals surface area contributed by atoms with Gasteiger partial charge in [-0.05, 0) is 50.5 Å². The average molecular weight is 291 g/mol. The number of rotatable bonds is 3. The number of carboxylic acids is 1. The first kappa shape index (κ1) is 15.0. The lowest BCUT2D eigenvalue weighted by molar-refractivity contribution is -0.146. The molecule has 110 valence electrons. The number of likely N-dealkylation sites (tertiary alicyclic amines) is 1. The molecule has 1 aliphatic heterocycles. The third-order valence-electron chi connectivity index (χ3n) is 4.61. The number of piperidine rings is 1. The van der Waals surface area contributed by atoms with Crippen LogP contribution >= 0.6 is 7.60 Å². The molecule has 2 rings (SSSR count). The topological polar surface area (TPSA) is 98.1 Å². The second-order valence-corrected chi connectivity index (χ2v) is 7.77. The maximum atomic E-state index is 11.2. The number of fused-ring (bicyclic) bond motifs is 1. The first-order valence-electron chi connectivity index (χ1n) is 6.74. The SMILES string of the molecule is CN1C[C@@H]2CC[C@H](CP(=O)(O)O)C[C@@H]2C[C@H]1C(=O)O. The molecule has 0 bridgehead atoms. The lowest BCUT2D eigenvalue weighted by Gasteiger charge is -2.45. The van der Waals surface area contributed by atoms with Gasteiger partial charge in [-0.15, -0.1) is 0 Å². The first-order valence-corrected chi connectivity index (χ1v) is 8.53. The van der Waals surface area contributed by atoms with Crippen molar-refractivity contribution in [2.45, 2.75) is 31.7 Å². The zero-order chi connectivity index (χ0) is 14.2. The summed E-state index contributed by atoms with van der Waals surface area (Å²) in [7, 11) is -2.11. The Morgan fingerprint density at radius 2 is 1.95 bits per heavy atom. The van der Waals surface area contributed by atoms with E-state index in [1.165, 1.54) is 0 Å². The fourth-order valence-corrected chi connectivity index (χ4v) is 4.71. The second kappa shape index (κ2) is 5.52. The van der Waals surface area contributed by atoms with Crippen molar-refractivity contribution in [1.82, 2.24) is 4.90 Å². The van der Waals surface area contributed by atoms with E-state index in [1.807, 2.05) is 11.9 Å². The van der Waals surface area contributed by atoms with E-state index in [-0.39, 0.29) is 12.1 Å². The van der Waals surface area contributed by atoms with Gasteiger partial charge >= 0.3 is 13.6 Å². The molecule has 4 atom stereocenters. The molecule has 0 aromatic carbocycles. The molecule has 0 aromatic rings. The standard InChI is InChI=1S/C12H22NO5P/c1-13-6-9-3-2-8(7-19(16,17)18)4-10(9)5-11(13)12(14)15/h8-11H,2-7H2,1H3,(H,14,15)(H2,16,17,18)/t8-,9-,10+,11-/m0/s1. The van der Waals surface area contributed by atoms with E-state index in [1.54, 1.807) is 0 Å². The van der Waals surface area contributed by atoms with E-state index in [4.69, 9.17) is 9.79 Å². The van der Waals surface area contributed by atoms with Gasteiger partial charge in [-0.2, -0.15) is 0 Å². The summed E-state index contributed by atoms with van der Waals surface area (Å²) >= 11 is 0. The highest BCUT2D eigenvalue weighted by Gasteiger charge is 2.41. The Balaban J connectivity index is 1.99. The van der Waals surface area contributed by atoms with Gasteiger partial charge in [0.2, 0.25) is 0 Å². The maximum Gasteiger partial charge on any atom is 0.325 e. The largest absolute Gasteiger partial charge is 0.480 e. The molecule has 2 aliphatic rings. The van der Waals surface area contributed by atoms with Gasteiger partial charge in [0.05, 0.1) is 6.16 Å². The molecule has 1 heterocycles. The summed E-state index contributed by atoms with van der Waals surface area (Å²) in [5, 5.41) is 9.19. The minimum Gasteiger partial charge on any atom is -0.480 e. The zero-order valence-electron chi connectivity index (χ0n) is 11.1. The van der Waals surface area contributed by atoms with Crippen molar-refractivity contribution in [3.05, 3.63) is 0 Å². The molecule has 6 nitrogen and oxygen atoms in total. The molecular weight excluding hydrogens is 269 g/mol. The van der Waals surface area contributed by atoms with Crippen molar-refractivity contribution in [1.29, 1.82) is 0 Å². The summed E-state index contributed by atoms with van der Waals surface area (Å²) in [5.41, 5.74) is 0. The summed E-state index contributed by atoms with van der Waals surface area (Å²) in [6, 6.07) is -0.449. The van der Waals surface area contributed by atoms with Crippen LogP contribution in [0.5, 0.6) is 0 Å². The Kier molecular flexibility index (Phi) is 4.35. The normalized spacial score (nSPS) is 36.8. The van der Waals surface area contributed by atoms with Crippen LogP contribution in [0.3, 0.4) is 0 Å². The summed E-state index contributed by atoms with van der Waals surface area (Å²) in [6.45, 7) is 0.782. The lowest BCUT2D eigenvalue weighted by atomic mass is 9.69. The van der Waals surface area contributed by atoms with Gasteiger partial charge in [0.1, 0.15) is 6.04 Å². The third-order valence-corrected chi connectivity index (χ3v) is 5.60. The van der Waals surface area contributed by atoms with E-state index in [9.17, 15) is 14.5 Å². The Labute approximate surface area is 113 Å². The average Bonchev–Trinajstić information content (AvgIpc) is 2.26. The molecule has 0 aromatic heterocycles. The van der Waals surface area contributed by atoms with Crippen LogP contribution in [0.2, 0.25) is 0 Å². The van der Waals surface area contributed by atoms with Gasteiger partial charge in [0, 0.05) is 6.54 Å². The van der Waals surface area contributed by atoms with Crippen LogP contribution in [-0.4, -0.2) is 51.6 Å². The quantitative estimate of drug-likeness (QED) is 0.671. The number of carboxylic acid groups (broad SMARTS) is 1. The van der Waals surface area contributed by atoms with Crippen LogP contribution in [0.25, 0.3) is 0 Å². The van der Waals surface area contributed by atoms with Gasteiger partial charge in [-0.3, -0.25) is 14.3 Å². The Morgan fingerprint density at radius 1 is 1.26 bits per heavy atom. The Bertz CT molecular complexity index is 396. The van der Waals surface area contributed by atoms with Crippen LogP contribution in [0.4, 0.5) is 0 Å². The van der Waals surface area contributed by atoms with Crippen LogP contribution in [0.1, 0.15) is 25.7 Å². The molecule has 7 heteroatoms. The van der Waals surface area contributed by atoms with Crippen molar-refractivity contribution in [3.8, 4) is 0 Å². The van der Waals surface area contributed by atoms with E-state index in [0.717, 1.165) is 25.8 Å². The summed E-state index contributed by atoms with van der Waals surface area (Å²) < 4.78 is 11.1. The minimum atomic E-state index is -3.95. The van der Waals surface area contributed by atoms with E-state index in [0.29, 0.717) is 18.3 Å². The molecule has 0 spiro atoms. The van der Waals surface area contributed by atoms with E-state index >= 15 is 0 Å². The molecule has 1 saturated carbocycles. The van der Waals surface area contributed by atoms with Gasteiger partial charge in [-0.25, -0.2) is 0 Å². The fourth-order valence-electron chi connectivity index (χ4n) is 3.71. The van der Waals surface area contributed by atoms with Crippen molar-refractivity contribution in [2.75, 3.05) is 19.8 Å². The number of nitrogens with zero attached hydrogens (tertiary/aromatic N) is 1. The molecule has 0 radical (unpaired) electrons. The lowest BCUT2D eigenvalue weighted by Crippen LogP contribution is -2.50. The predicted molar refractivity (Wildman–Crippen MR) is 69.9 cm³/mol. The van der Waals surface area contributed by atoms with Crippen molar-refractivity contribution in [3.63, 3.8) is 0 Å². The molecule has 0 amide bonds. The molecule has 3 N–H and O–H groups in total. The summed E-state index contributed by atoms with van der Waals surface area (Å²) in [4.78, 5) is 31.2. The van der Waals surface area contributed by atoms with Gasteiger partial charge in [0.15, 0.2) is 0 Å². The highest BCUT2D eigenvalue weighted by Crippen LogP contribution is 2.46. The second-order valence-electron chi connectivity index (χ2n) is 6.08. The zero-order valence-corrected chi connectivity index (χ0v) is 12.0. The molecule has 2 fully saturated rings. The Morgan fingerprint density at radius 3 is 2.53 bits per heavy atom. The van der Waals surface area contributed by atoms with Crippen molar-refractivity contribution in [2.24, 2.45) is 17.8 Å². The number of carbonyl (C=O) groups is 1. The van der Waals surface area contributed by atoms with Gasteiger partial charge in [0.25, 0.3) is 0 Å². The van der Waals surface area contributed by atoms with Crippen LogP contribution in [-0.2, 0) is 9.36 Å². The van der Waals surface area contributed by atoms with E-state index in [2.05, 4.69) is 0 Å². The fraction of sp³-hybridized carbons (Fsp3) is 0.917. The molecule has 19 heavy (non-hydrogen) atoms.